The third kappa shape index (κ3) is 3.31. The molecule has 0 aliphatic carbocycles. The minimum atomic E-state index is -0.464. The summed E-state index contributed by atoms with van der Waals surface area (Å²) in [7, 11) is 0. The molecule has 0 fully saturated rings. The average molecular weight is 288 g/mol. The van der Waals surface area contributed by atoms with Gasteiger partial charge < -0.3 is 15.8 Å². The van der Waals surface area contributed by atoms with Crippen molar-refractivity contribution in [1.82, 2.24) is 0 Å². The molecule has 0 aliphatic heterocycles. The maximum atomic E-state index is 13.3. The number of nitrogen functional groups attached to an aromatic ring is 1. The summed E-state index contributed by atoms with van der Waals surface area (Å²) < 4.78 is 18.2. The summed E-state index contributed by atoms with van der Waals surface area (Å²) in [5, 5.41) is 3.08. The first kappa shape index (κ1) is 14.8. The van der Waals surface area contributed by atoms with E-state index >= 15 is 0 Å². The second kappa shape index (κ2) is 6.26. The summed E-state index contributed by atoms with van der Waals surface area (Å²) in [6.45, 7) is 3.70. The van der Waals surface area contributed by atoms with E-state index in [1.807, 2.05) is 0 Å². The number of rotatable bonds is 4. The average Bonchev–Trinajstić information content (AvgIpc) is 2.45. The Morgan fingerprint density at radius 1 is 1.33 bits per heavy atom. The molecule has 0 amide bonds. The summed E-state index contributed by atoms with van der Waals surface area (Å²) in [6, 6.07) is 9.72. The summed E-state index contributed by atoms with van der Waals surface area (Å²) in [5.74, 6) is -0.734. The number of aryl methyl sites for hydroxylation is 1. The van der Waals surface area contributed by atoms with Crippen molar-refractivity contribution in [3.05, 3.63) is 53.3 Å². The van der Waals surface area contributed by atoms with Gasteiger partial charge in [-0.1, -0.05) is 6.07 Å². The second-order valence-electron chi connectivity index (χ2n) is 4.58. The first-order chi connectivity index (χ1) is 10.0. The van der Waals surface area contributed by atoms with Crippen LogP contribution < -0.4 is 11.1 Å². The van der Waals surface area contributed by atoms with Gasteiger partial charge in [0.1, 0.15) is 5.82 Å². The Morgan fingerprint density at radius 2 is 2.10 bits per heavy atom. The standard InChI is InChI=1S/C16H17FN2O2/c1-3-21-16(20)12-5-4-6-14(15(12)18)19-11-7-8-13(17)10(2)9-11/h4-9,19H,3,18H2,1-2H3. The van der Waals surface area contributed by atoms with Gasteiger partial charge >= 0.3 is 5.97 Å². The van der Waals surface area contributed by atoms with E-state index < -0.39 is 5.97 Å². The Morgan fingerprint density at radius 3 is 2.76 bits per heavy atom. The predicted octanol–water partition coefficient (Wildman–Crippen LogP) is 3.64. The zero-order valence-electron chi connectivity index (χ0n) is 11.9. The highest BCUT2D eigenvalue weighted by Gasteiger charge is 2.13. The molecule has 0 atom stereocenters. The molecule has 0 heterocycles. The van der Waals surface area contributed by atoms with Crippen LogP contribution in [0.2, 0.25) is 0 Å². The summed E-state index contributed by atoms with van der Waals surface area (Å²) in [5.41, 5.74) is 8.40. The fraction of sp³-hybridized carbons (Fsp3) is 0.188. The van der Waals surface area contributed by atoms with E-state index in [1.54, 1.807) is 44.2 Å². The zero-order valence-corrected chi connectivity index (χ0v) is 11.9. The number of esters is 1. The number of nitrogens with two attached hydrogens (primary N) is 1. The summed E-state index contributed by atoms with van der Waals surface area (Å²) >= 11 is 0. The van der Waals surface area contributed by atoms with Crippen LogP contribution in [0.4, 0.5) is 21.5 Å². The van der Waals surface area contributed by atoms with Crippen LogP contribution in [0.15, 0.2) is 36.4 Å². The molecule has 4 nitrogen and oxygen atoms in total. The molecule has 0 saturated heterocycles. The van der Waals surface area contributed by atoms with Crippen LogP contribution in [0.1, 0.15) is 22.8 Å². The largest absolute Gasteiger partial charge is 0.462 e. The van der Waals surface area contributed by atoms with Gasteiger partial charge in [-0.2, -0.15) is 0 Å². The number of carbonyl (C=O) groups excluding carboxylic acids is 1. The van der Waals surface area contributed by atoms with E-state index in [9.17, 15) is 9.18 Å². The number of para-hydroxylation sites is 1. The minimum absolute atomic E-state index is 0.270. The van der Waals surface area contributed by atoms with Crippen LogP contribution in [-0.4, -0.2) is 12.6 Å². The molecule has 0 aliphatic rings. The molecular weight excluding hydrogens is 271 g/mol. The highest BCUT2D eigenvalue weighted by Crippen LogP contribution is 2.27. The fourth-order valence-corrected chi connectivity index (χ4v) is 1.94. The van der Waals surface area contributed by atoms with Crippen molar-refractivity contribution in [2.45, 2.75) is 13.8 Å². The number of benzene rings is 2. The Labute approximate surface area is 122 Å². The first-order valence-corrected chi connectivity index (χ1v) is 6.61. The molecule has 0 radical (unpaired) electrons. The van der Waals surface area contributed by atoms with Gasteiger partial charge in [-0.25, -0.2) is 9.18 Å². The lowest BCUT2D eigenvalue weighted by atomic mass is 10.1. The number of halogens is 1. The summed E-state index contributed by atoms with van der Waals surface area (Å²) in [6.07, 6.45) is 0. The van der Waals surface area contributed by atoms with Crippen molar-refractivity contribution in [2.24, 2.45) is 0 Å². The lowest BCUT2D eigenvalue weighted by Gasteiger charge is -2.13. The Bertz CT molecular complexity index is 671. The van der Waals surface area contributed by atoms with Crippen molar-refractivity contribution in [1.29, 1.82) is 0 Å². The lowest BCUT2D eigenvalue weighted by Crippen LogP contribution is -2.09. The first-order valence-electron chi connectivity index (χ1n) is 6.61. The number of carbonyl (C=O) groups is 1. The molecule has 0 spiro atoms. The van der Waals surface area contributed by atoms with Crippen LogP contribution in [0.3, 0.4) is 0 Å². The van der Waals surface area contributed by atoms with E-state index in [2.05, 4.69) is 5.32 Å². The van der Waals surface area contributed by atoms with Crippen LogP contribution in [0.25, 0.3) is 0 Å². The van der Waals surface area contributed by atoms with Crippen molar-refractivity contribution in [3.8, 4) is 0 Å². The third-order valence-corrected chi connectivity index (χ3v) is 3.04. The van der Waals surface area contributed by atoms with Crippen molar-refractivity contribution in [3.63, 3.8) is 0 Å². The predicted molar refractivity (Wildman–Crippen MR) is 81.2 cm³/mol. The third-order valence-electron chi connectivity index (χ3n) is 3.04. The molecule has 2 rings (SSSR count). The zero-order chi connectivity index (χ0) is 15.4. The van der Waals surface area contributed by atoms with E-state index in [-0.39, 0.29) is 12.4 Å². The molecule has 0 unspecified atom stereocenters. The Hall–Kier alpha value is -2.56. The van der Waals surface area contributed by atoms with Crippen molar-refractivity contribution in [2.75, 3.05) is 17.7 Å². The molecule has 2 aromatic rings. The SMILES string of the molecule is CCOC(=O)c1cccc(Nc2ccc(F)c(C)c2)c1N. The molecule has 21 heavy (non-hydrogen) atoms. The van der Waals surface area contributed by atoms with E-state index in [0.717, 1.165) is 0 Å². The number of hydrogen-bond donors (Lipinski definition) is 2. The Kier molecular flexibility index (Phi) is 4.42. The van der Waals surface area contributed by atoms with E-state index in [4.69, 9.17) is 10.5 Å². The quantitative estimate of drug-likeness (QED) is 0.666. The maximum absolute atomic E-state index is 13.3. The molecule has 0 saturated carbocycles. The number of anilines is 3. The van der Waals surface area contributed by atoms with Gasteiger partial charge in [0.2, 0.25) is 0 Å². The molecule has 0 bridgehead atoms. The number of ether oxygens (including phenoxy) is 1. The highest BCUT2D eigenvalue weighted by atomic mass is 19.1. The van der Waals surface area contributed by atoms with Crippen LogP contribution in [-0.2, 0) is 4.74 Å². The fourth-order valence-electron chi connectivity index (χ4n) is 1.94. The minimum Gasteiger partial charge on any atom is -0.462 e. The van der Waals surface area contributed by atoms with Gasteiger partial charge in [-0.3, -0.25) is 0 Å². The smallest absolute Gasteiger partial charge is 0.340 e. The molecule has 0 aromatic heterocycles. The van der Waals surface area contributed by atoms with Crippen LogP contribution >= 0.6 is 0 Å². The summed E-state index contributed by atoms with van der Waals surface area (Å²) in [4.78, 5) is 11.8. The number of hydrogen-bond acceptors (Lipinski definition) is 4. The van der Waals surface area contributed by atoms with Crippen LogP contribution in [0, 0.1) is 12.7 Å². The van der Waals surface area contributed by atoms with Gasteiger partial charge in [0, 0.05) is 5.69 Å². The highest BCUT2D eigenvalue weighted by molar-refractivity contribution is 5.98. The monoisotopic (exact) mass is 288 g/mol. The van der Waals surface area contributed by atoms with Gasteiger partial charge in [0.25, 0.3) is 0 Å². The molecule has 110 valence electrons. The van der Waals surface area contributed by atoms with Crippen molar-refractivity contribution < 1.29 is 13.9 Å². The number of nitrogens with one attached hydrogen (secondary N) is 1. The lowest BCUT2D eigenvalue weighted by molar-refractivity contribution is 0.0527. The van der Waals surface area contributed by atoms with Crippen LogP contribution in [0.5, 0.6) is 0 Å². The molecule has 5 heteroatoms. The van der Waals surface area contributed by atoms with E-state index in [0.29, 0.717) is 28.2 Å². The molecular formula is C16H17FN2O2. The van der Waals surface area contributed by atoms with Gasteiger partial charge in [-0.15, -0.1) is 0 Å². The second-order valence-corrected chi connectivity index (χ2v) is 4.58. The van der Waals surface area contributed by atoms with Gasteiger partial charge in [0.05, 0.1) is 23.5 Å². The topological polar surface area (TPSA) is 64.3 Å². The van der Waals surface area contributed by atoms with E-state index in [1.165, 1.54) is 6.07 Å². The maximum Gasteiger partial charge on any atom is 0.340 e. The van der Waals surface area contributed by atoms with Gasteiger partial charge in [0.15, 0.2) is 0 Å². The Balaban J connectivity index is 2.30. The van der Waals surface area contributed by atoms with Crippen molar-refractivity contribution >= 4 is 23.0 Å². The molecule has 3 N–H and O–H groups in total. The molecule has 2 aromatic carbocycles. The van der Waals surface area contributed by atoms with Gasteiger partial charge in [-0.05, 0) is 49.7 Å². The normalized spacial score (nSPS) is 10.2.